The van der Waals surface area contributed by atoms with Gasteiger partial charge in [0.1, 0.15) is 0 Å². The summed E-state index contributed by atoms with van der Waals surface area (Å²) in [5.41, 5.74) is 0.220. The Morgan fingerprint density at radius 3 is 2.60 bits per heavy atom. The summed E-state index contributed by atoms with van der Waals surface area (Å²) in [6.07, 6.45) is 6.37. The molecule has 0 spiro atoms. The summed E-state index contributed by atoms with van der Waals surface area (Å²) in [7, 11) is 0. The van der Waals surface area contributed by atoms with Crippen molar-refractivity contribution in [2.24, 2.45) is 0 Å². The third kappa shape index (κ3) is 4.04. The van der Waals surface area contributed by atoms with Crippen LogP contribution in [0, 0.1) is 0 Å². The molecule has 0 saturated carbocycles. The fraction of sp³-hybridized carbons (Fsp3) is 0.100. The lowest BCUT2D eigenvalue weighted by molar-refractivity contribution is -0.135. The Morgan fingerprint density at radius 2 is 2.33 bits per heavy atom. The zero-order chi connectivity index (χ0) is 11.1. The Balaban J connectivity index is 0.000000162. The van der Waals surface area contributed by atoms with Crippen molar-refractivity contribution < 1.29 is 19.4 Å². The second-order valence-electron chi connectivity index (χ2n) is 2.61. The van der Waals surface area contributed by atoms with Crippen molar-refractivity contribution >= 4 is 11.9 Å². The Kier molecular flexibility index (Phi) is 4.03. The van der Waals surface area contributed by atoms with Crippen molar-refractivity contribution in [3.05, 3.63) is 42.4 Å². The molecule has 15 heavy (non-hydrogen) atoms. The van der Waals surface area contributed by atoms with E-state index in [4.69, 9.17) is 5.11 Å². The monoisotopic (exact) mass is 207 g/mol. The van der Waals surface area contributed by atoms with Gasteiger partial charge in [0.15, 0.2) is 0 Å². The molecular formula is C10H9NO4. The second-order valence-corrected chi connectivity index (χ2v) is 2.61. The normalized spacial score (nSPS) is 12.7. The Hall–Kier alpha value is -2.17. The number of rotatable bonds is 1. The third-order valence-corrected chi connectivity index (χ3v) is 1.49. The maximum absolute atomic E-state index is 10.2. The summed E-state index contributed by atoms with van der Waals surface area (Å²) in [6, 6.07) is 3.08. The Bertz CT molecular complexity index is 362. The van der Waals surface area contributed by atoms with E-state index in [1.54, 1.807) is 12.1 Å². The van der Waals surface area contributed by atoms with Crippen LogP contribution >= 0.6 is 0 Å². The highest BCUT2D eigenvalue weighted by Crippen LogP contribution is 1.96. The van der Waals surface area contributed by atoms with E-state index in [1.807, 2.05) is 0 Å². The molecular weight excluding hydrogens is 198 g/mol. The standard InChI is InChI=1S/C6H5NO2.C4H4O2/c8-6(9)5-2-1-3-7-4-5;5-4-2-1-3-6-4/h1-4H,(H,8,9);1,3H,2H2. The van der Waals surface area contributed by atoms with Crippen LogP contribution in [0.15, 0.2) is 36.9 Å². The van der Waals surface area contributed by atoms with Crippen LogP contribution in [-0.4, -0.2) is 22.0 Å². The molecule has 0 atom stereocenters. The summed E-state index contributed by atoms with van der Waals surface area (Å²) >= 11 is 0. The topological polar surface area (TPSA) is 76.5 Å². The lowest BCUT2D eigenvalue weighted by Crippen LogP contribution is -1.94. The molecule has 0 amide bonds. The molecule has 2 heterocycles. The van der Waals surface area contributed by atoms with Crippen molar-refractivity contribution in [2.75, 3.05) is 0 Å². The summed E-state index contributed by atoms with van der Waals surface area (Å²) in [5.74, 6) is -1.10. The molecule has 1 aliphatic rings. The van der Waals surface area contributed by atoms with Crippen molar-refractivity contribution in [3.8, 4) is 0 Å². The van der Waals surface area contributed by atoms with Gasteiger partial charge in [-0.05, 0) is 18.2 Å². The number of pyridine rings is 1. The molecule has 2 rings (SSSR count). The SMILES string of the molecule is O=C(O)c1cccnc1.O=C1CC=CO1. The number of ether oxygens (including phenoxy) is 1. The van der Waals surface area contributed by atoms with E-state index >= 15 is 0 Å². The number of hydrogen-bond acceptors (Lipinski definition) is 4. The Morgan fingerprint density at radius 1 is 1.53 bits per heavy atom. The number of carboxylic acids is 1. The first kappa shape index (κ1) is 10.9. The first-order valence-corrected chi connectivity index (χ1v) is 4.18. The van der Waals surface area contributed by atoms with Crippen LogP contribution in [0.3, 0.4) is 0 Å². The summed E-state index contributed by atoms with van der Waals surface area (Å²) in [4.78, 5) is 23.7. The van der Waals surface area contributed by atoms with Gasteiger partial charge < -0.3 is 9.84 Å². The first-order chi connectivity index (χ1) is 7.20. The van der Waals surface area contributed by atoms with E-state index in [0.29, 0.717) is 6.42 Å². The highest BCUT2D eigenvalue weighted by atomic mass is 16.5. The maximum Gasteiger partial charge on any atom is 0.337 e. The molecule has 1 N–H and O–H groups in total. The van der Waals surface area contributed by atoms with E-state index < -0.39 is 5.97 Å². The van der Waals surface area contributed by atoms with Crippen molar-refractivity contribution in [2.45, 2.75) is 6.42 Å². The minimum atomic E-state index is -0.942. The lowest BCUT2D eigenvalue weighted by atomic mass is 10.3. The predicted octanol–water partition coefficient (Wildman–Crippen LogP) is 1.23. The van der Waals surface area contributed by atoms with Gasteiger partial charge in [0, 0.05) is 12.4 Å². The molecule has 0 fully saturated rings. The molecule has 0 aromatic carbocycles. The van der Waals surface area contributed by atoms with Gasteiger partial charge in [-0.25, -0.2) is 4.79 Å². The molecule has 0 bridgehead atoms. The van der Waals surface area contributed by atoms with E-state index in [9.17, 15) is 9.59 Å². The van der Waals surface area contributed by atoms with Crippen LogP contribution in [0.4, 0.5) is 0 Å². The van der Waals surface area contributed by atoms with Crippen LogP contribution in [0.25, 0.3) is 0 Å². The minimum Gasteiger partial charge on any atom is -0.478 e. The number of carboxylic acid groups (broad SMARTS) is 1. The molecule has 1 aliphatic heterocycles. The molecule has 1 aromatic rings. The summed E-state index contributed by atoms with van der Waals surface area (Å²) in [5, 5.41) is 8.34. The first-order valence-electron chi connectivity index (χ1n) is 4.18. The van der Waals surface area contributed by atoms with Gasteiger partial charge in [-0.2, -0.15) is 0 Å². The molecule has 0 radical (unpaired) electrons. The summed E-state index contributed by atoms with van der Waals surface area (Å²) in [6.45, 7) is 0. The highest BCUT2D eigenvalue weighted by molar-refractivity contribution is 5.86. The van der Waals surface area contributed by atoms with E-state index in [1.165, 1.54) is 24.7 Å². The fourth-order valence-corrected chi connectivity index (χ4v) is 0.806. The zero-order valence-corrected chi connectivity index (χ0v) is 7.79. The van der Waals surface area contributed by atoms with Gasteiger partial charge in [0.2, 0.25) is 0 Å². The molecule has 0 unspecified atom stereocenters. The molecule has 78 valence electrons. The maximum atomic E-state index is 10.2. The van der Waals surface area contributed by atoms with Gasteiger partial charge in [-0.1, -0.05) is 0 Å². The number of aromatic nitrogens is 1. The van der Waals surface area contributed by atoms with Crippen LogP contribution in [0.1, 0.15) is 16.8 Å². The quantitative estimate of drug-likeness (QED) is 0.701. The van der Waals surface area contributed by atoms with Gasteiger partial charge >= 0.3 is 11.9 Å². The van der Waals surface area contributed by atoms with Crippen LogP contribution in [0.5, 0.6) is 0 Å². The molecule has 5 nitrogen and oxygen atoms in total. The number of esters is 1. The minimum absolute atomic E-state index is 0.157. The Labute approximate surface area is 86.0 Å². The molecule has 5 heteroatoms. The largest absolute Gasteiger partial charge is 0.478 e. The average molecular weight is 207 g/mol. The number of carbonyl (C=O) groups is 2. The number of carbonyl (C=O) groups excluding carboxylic acids is 1. The number of hydrogen-bond donors (Lipinski definition) is 1. The summed E-state index contributed by atoms with van der Waals surface area (Å²) < 4.78 is 4.33. The average Bonchev–Trinajstić information content (AvgIpc) is 2.71. The van der Waals surface area contributed by atoms with Crippen molar-refractivity contribution in [3.63, 3.8) is 0 Å². The number of nitrogens with zero attached hydrogens (tertiary/aromatic N) is 1. The molecule has 0 saturated heterocycles. The molecule has 0 aliphatic carbocycles. The second kappa shape index (κ2) is 5.54. The van der Waals surface area contributed by atoms with Gasteiger partial charge in [0.05, 0.1) is 18.2 Å². The van der Waals surface area contributed by atoms with Crippen LogP contribution < -0.4 is 0 Å². The van der Waals surface area contributed by atoms with Gasteiger partial charge in [0.25, 0.3) is 0 Å². The third-order valence-electron chi connectivity index (χ3n) is 1.49. The predicted molar refractivity (Wildman–Crippen MR) is 51.0 cm³/mol. The van der Waals surface area contributed by atoms with Crippen LogP contribution in [0.2, 0.25) is 0 Å². The van der Waals surface area contributed by atoms with Crippen molar-refractivity contribution in [1.29, 1.82) is 0 Å². The van der Waals surface area contributed by atoms with Gasteiger partial charge in [-0.3, -0.25) is 9.78 Å². The number of aromatic carboxylic acids is 1. The zero-order valence-electron chi connectivity index (χ0n) is 7.79. The molecule has 1 aromatic heterocycles. The lowest BCUT2D eigenvalue weighted by Gasteiger charge is -1.87. The smallest absolute Gasteiger partial charge is 0.337 e. The van der Waals surface area contributed by atoms with Crippen LogP contribution in [-0.2, 0) is 9.53 Å². The fourth-order valence-electron chi connectivity index (χ4n) is 0.806. The van der Waals surface area contributed by atoms with Crippen molar-refractivity contribution in [1.82, 2.24) is 4.98 Å². The van der Waals surface area contributed by atoms with E-state index in [2.05, 4.69) is 9.72 Å². The highest BCUT2D eigenvalue weighted by Gasteiger charge is 2.00. The van der Waals surface area contributed by atoms with E-state index in [0.717, 1.165) is 0 Å². The van der Waals surface area contributed by atoms with E-state index in [-0.39, 0.29) is 11.5 Å². The number of cyclic esters (lactones) is 1. The van der Waals surface area contributed by atoms with Gasteiger partial charge in [-0.15, -0.1) is 0 Å².